The van der Waals surface area contributed by atoms with Crippen LogP contribution in [0.1, 0.15) is 13.3 Å². The van der Waals surface area contributed by atoms with Gasteiger partial charge in [0, 0.05) is 18.1 Å². The van der Waals surface area contributed by atoms with E-state index in [1.54, 1.807) is 36.1 Å². The molecule has 0 bridgehead atoms. The minimum Gasteiger partial charge on any atom is -0.481 e. The van der Waals surface area contributed by atoms with Crippen LogP contribution in [0.5, 0.6) is 5.75 Å². The molecule has 0 spiro atoms. The smallest absolute Gasteiger partial charge is 0.263 e. The van der Waals surface area contributed by atoms with Crippen LogP contribution >= 0.6 is 11.6 Å². The fraction of sp³-hybridized carbons (Fsp3) is 0.462. The minimum absolute atomic E-state index is 0.105. The number of hydrogen-bond donors (Lipinski definition) is 1. The van der Waals surface area contributed by atoms with Gasteiger partial charge in [-0.2, -0.15) is 0 Å². The van der Waals surface area contributed by atoms with Crippen molar-refractivity contribution < 1.29 is 14.6 Å². The Morgan fingerprint density at radius 1 is 1.61 bits per heavy atom. The molecule has 5 heteroatoms. The molecule has 1 aromatic rings. The van der Waals surface area contributed by atoms with Crippen LogP contribution in [0.25, 0.3) is 0 Å². The quantitative estimate of drug-likeness (QED) is 0.909. The molecule has 1 aromatic carbocycles. The lowest BCUT2D eigenvalue weighted by atomic mass is 10.3. The molecule has 0 aliphatic carbocycles. The third-order valence-electron chi connectivity index (χ3n) is 2.93. The number of aliphatic hydroxyl groups excluding tert-OH is 1. The fourth-order valence-corrected chi connectivity index (χ4v) is 2.17. The molecule has 0 saturated carbocycles. The van der Waals surface area contributed by atoms with Gasteiger partial charge in [-0.15, -0.1) is 0 Å². The van der Waals surface area contributed by atoms with Crippen LogP contribution < -0.4 is 4.74 Å². The second-order valence-corrected chi connectivity index (χ2v) is 4.88. The number of rotatable bonds is 3. The Kier molecular flexibility index (Phi) is 4.09. The zero-order valence-electron chi connectivity index (χ0n) is 10.2. The highest BCUT2D eigenvalue weighted by Crippen LogP contribution is 2.19. The molecule has 18 heavy (non-hydrogen) atoms. The van der Waals surface area contributed by atoms with Crippen molar-refractivity contribution in [1.82, 2.24) is 4.90 Å². The van der Waals surface area contributed by atoms with Crippen LogP contribution in [-0.4, -0.2) is 41.2 Å². The molecule has 1 heterocycles. The predicted molar refractivity (Wildman–Crippen MR) is 68.7 cm³/mol. The van der Waals surface area contributed by atoms with E-state index in [1.807, 2.05) is 0 Å². The second kappa shape index (κ2) is 5.59. The maximum Gasteiger partial charge on any atom is 0.263 e. The lowest BCUT2D eigenvalue weighted by Gasteiger charge is -2.21. The third-order valence-corrected chi connectivity index (χ3v) is 3.17. The summed E-state index contributed by atoms with van der Waals surface area (Å²) in [6, 6.07) is 6.95. The van der Waals surface area contributed by atoms with Crippen molar-refractivity contribution in [2.45, 2.75) is 25.6 Å². The molecule has 1 aliphatic rings. The first-order valence-corrected chi connectivity index (χ1v) is 6.33. The van der Waals surface area contributed by atoms with Gasteiger partial charge < -0.3 is 14.7 Å². The maximum absolute atomic E-state index is 12.0. The van der Waals surface area contributed by atoms with Gasteiger partial charge in [-0.25, -0.2) is 0 Å². The number of carbonyl (C=O) groups is 1. The van der Waals surface area contributed by atoms with Gasteiger partial charge in [-0.1, -0.05) is 17.7 Å². The lowest BCUT2D eigenvalue weighted by molar-refractivity contribution is -0.137. The largest absolute Gasteiger partial charge is 0.481 e. The summed E-state index contributed by atoms with van der Waals surface area (Å²) < 4.78 is 5.55. The zero-order valence-corrected chi connectivity index (χ0v) is 10.9. The van der Waals surface area contributed by atoms with Crippen LogP contribution in [0.3, 0.4) is 0 Å². The summed E-state index contributed by atoms with van der Waals surface area (Å²) in [5.41, 5.74) is 0. The summed E-state index contributed by atoms with van der Waals surface area (Å²) in [6.45, 7) is 2.68. The van der Waals surface area contributed by atoms with E-state index in [0.717, 1.165) is 0 Å². The van der Waals surface area contributed by atoms with Gasteiger partial charge in [-0.05, 0) is 31.5 Å². The number of halogens is 1. The van der Waals surface area contributed by atoms with E-state index in [2.05, 4.69) is 0 Å². The first kappa shape index (κ1) is 13.2. The van der Waals surface area contributed by atoms with E-state index in [0.29, 0.717) is 30.3 Å². The van der Waals surface area contributed by atoms with Crippen molar-refractivity contribution in [3.8, 4) is 5.75 Å². The Balaban J connectivity index is 1.95. The van der Waals surface area contributed by atoms with Crippen LogP contribution in [0.4, 0.5) is 0 Å². The first-order valence-electron chi connectivity index (χ1n) is 5.95. The van der Waals surface area contributed by atoms with E-state index < -0.39 is 12.2 Å². The van der Waals surface area contributed by atoms with Crippen LogP contribution in [0, 0.1) is 0 Å². The van der Waals surface area contributed by atoms with E-state index in [9.17, 15) is 9.90 Å². The Morgan fingerprint density at radius 2 is 2.39 bits per heavy atom. The molecule has 1 N–H and O–H groups in total. The summed E-state index contributed by atoms with van der Waals surface area (Å²) in [7, 11) is 0. The summed E-state index contributed by atoms with van der Waals surface area (Å²) in [6.07, 6.45) is -0.351. The van der Waals surface area contributed by atoms with Crippen molar-refractivity contribution in [2.24, 2.45) is 0 Å². The number of nitrogens with zero attached hydrogens (tertiary/aromatic N) is 1. The van der Waals surface area contributed by atoms with E-state index in [-0.39, 0.29) is 5.91 Å². The highest BCUT2D eigenvalue weighted by molar-refractivity contribution is 6.30. The Bertz CT molecular complexity index is 438. The van der Waals surface area contributed by atoms with Crippen molar-refractivity contribution in [1.29, 1.82) is 0 Å². The molecule has 98 valence electrons. The second-order valence-electron chi connectivity index (χ2n) is 4.44. The van der Waals surface area contributed by atoms with E-state index in [1.165, 1.54) is 0 Å². The van der Waals surface area contributed by atoms with Crippen LogP contribution in [0.15, 0.2) is 24.3 Å². The molecule has 0 aromatic heterocycles. The van der Waals surface area contributed by atoms with Crippen molar-refractivity contribution in [3.63, 3.8) is 0 Å². The number of benzene rings is 1. The van der Waals surface area contributed by atoms with Crippen LogP contribution in [0.2, 0.25) is 5.02 Å². The summed E-state index contributed by atoms with van der Waals surface area (Å²) in [5.74, 6) is 0.467. The Morgan fingerprint density at radius 3 is 3.00 bits per heavy atom. The average Bonchev–Trinajstić information content (AvgIpc) is 2.75. The van der Waals surface area contributed by atoms with Gasteiger partial charge in [0.25, 0.3) is 5.91 Å². The first-order chi connectivity index (χ1) is 8.56. The lowest BCUT2D eigenvalue weighted by Crippen LogP contribution is -2.39. The SMILES string of the molecule is CC(Oc1cccc(Cl)c1)C(=O)N1CCC(O)C1. The number of hydrogen-bond acceptors (Lipinski definition) is 3. The van der Waals surface area contributed by atoms with Gasteiger partial charge in [-0.3, -0.25) is 4.79 Å². The number of likely N-dealkylation sites (tertiary alicyclic amines) is 1. The molecule has 0 radical (unpaired) electrons. The minimum atomic E-state index is -0.575. The standard InChI is InChI=1S/C13H16ClNO3/c1-9(13(17)15-6-5-11(16)8-15)18-12-4-2-3-10(14)7-12/h2-4,7,9,11,16H,5-6,8H2,1H3. The van der Waals surface area contributed by atoms with Gasteiger partial charge in [0.1, 0.15) is 5.75 Å². The van der Waals surface area contributed by atoms with Gasteiger partial charge in [0.05, 0.1) is 6.10 Å². The van der Waals surface area contributed by atoms with Crippen molar-refractivity contribution in [2.75, 3.05) is 13.1 Å². The molecular formula is C13H16ClNO3. The van der Waals surface area contributed by atoms with Crippen LogP contribution in [-0.2, 0) is 4.79 Å². The summed E-state index contributed by atoms with van der Waals surface area (Å²) >= 11 is 5.85. The predicted octanol–water partition coefficient (Wildman–Crippen LogP) is 1.70. The molecule has 4 nitrogen and oxygen atoms in total. The molecule has 2 atom stereocenters. The van der Waals surface area contributed by atoms with E-state index >= 15 is 0 Å². The number of β-amino-alcohol motifs (C(OH)–C–C–N with tert-alkyl or cyclic N) is 1. The normalized spacial score (nSPS) is 20.8. The average molecular weight is 270 g/mol. The van der Waals surface area contributed by atoms with E-state index in [4.69, 9.17) is 16.3 Å². The third kappa shape index (κ3) is 3.15. The summed E-state index contributed by atoms with van der Waals surface area (Å²) in [4.78, 5) is 13.7. The molecule has 1 fully saturated rings. The highest BCUT2D eigenvalue weighted by Gasteiger charge is 2.28. The molecule has 1 saturated heterocycles. The van der Waals surface area contributed by atoms with Gasteiger partial charge in [0.2, 0.25) is 0 Å². The Hall–Kier alpha value is -1.26. The zero-order chi connectivity index (χ0) is 13.1. The van der Waals surface area contributed by atoms with Crippen molar-refractivity contribution in [3.05, 3.63) is 29.3 Å². The van der Waals surface area contributed by atoms with Gasteiger partial charge >= 0.3 is 0 Å². The monoisotopic (exact) mass is 269 g/mol. The molecule has 2 unspecified atom stereocenters. The molecular weight excluding hydrogens is 254 g/mol. The topological polar surface area (TPSA) is 49.8 Å². The number of carbonyl (C=O) groups excluding carboxylic acids is 1. The summed E-state index contributed by atoms with van der Waals surface area (Å²) in [5, 5.41) is 9.98. The molecule has 1 amide bonds. The number of ether oxygens (including phenoxy) is 1. The maximum atomic E-state index is 12.0. The fourth-order valence-electron chi connectivity index (χ4n) is 1.99. The van der Waals surface area contributed by atoms with Crippen molar-refractivity contribution >= 4 is 17.5 Å². The number of amides is 1. The number of aliphatic hydroxyl groups is 1. The molecule has 2 rings (SSSR count). The molecule has 1 aliphatic heterocycles. The van der Waals surface area contributed by atoms with Gasteiger partial charge in [0.15, 0.2) is 6.10 Å². The Labute approximate surface area is 111 Å². The highest BCUT2D eigenvalue weighted by atomic mass is 35.5.